The summed E-state index contributed by atoms with van der Waals surface area (Å²) in [7, 11) is -3.55. The van der Waals surface area contributed by atoms with E-state index in [0.717, 1.165) is 19.3 Å². The zero-order valence-electron chi connectivity index (χ0n) is 23.4. The van der Waals surface area contributed by atoms with E-state index in [9.17, 15) is 9.59 Å². The van der Waals surface area contributed by atoms with Gasteiger partial charge in [0.15, 0.2) is 16.6 Å². The third-order valence-corrected chi connectivity index (χ3v) is 7.83. The molecule has 0 aromatic heterocycles. The van der Waals surface area contributed by atoms with Crippen molar-refractivity contribution in [1.29, 1.82) is 0 Å². The first-order chi connectivity index (χ1) is 16.9. The van der Waals surface area contributed by atoms with Gasteiger partial charge in [-0.3, -0.25) is 15.5 Å². The molecular weight excluding hydrogens is 496 g/mol. The average Bonchev–Trinajstić information content (AvgIpc) is 3.14. The van der Waals surface area contributed by atoms with Crippen molar-refractivity contribution in [2.24, 2.45) is 4.99 Å². The minimum Gasteiger partial charge on any atom is -0.449 e. The van der Waals surface area contributed by atoms with Crippen molar-refractivity contribution in [3.63, 3.8) is 0 Å². The summed E-state index contributed by atoms with van der Waals surface area (Å²) >= 11 is 0. The zero-order chi connectivity index (χ0) is 26.8. The van der Waals surface area contributed by atoms with E-state index in [1.54, 1.807) is 0 Å². The molecule has 2 rings (SSSR count). The number of unbranched alkanes of at least 4 members (excludes halogenated alkanes) is 6. The van der Waals surface area contributed by atoms with Crippen LogP contribution >= 0.6 is 0 Å². The van der Waals surface area contributed by atoms with Gasteiger partial charge in [0.25, 0.3) is 0 Å². The smallest absolute Gasteiger partial charge is 0.413 e. The number of carbonyl (C=O) groups excluding carboxylic acids is 2. The monoisotopic (exact) mass is 544 g/mol. The molecule has 1 fully saturated rings. The fraction of sp³-hybridized carbons (Fsp3) is 0.875. The normalized spacial score (nSPS) is 22.9. The first-order valence-corrected chi connectivity index (χ1v) is 20.2. The number of aliphatic imine (C=N–C) groups is 1. The summed E-state index contributed by atoms with van der Waals surface area (Å²) < 4.78 is 23.9. The summed E-state index contributed by atoms with van der Waals surface area (Å²) in [5, 5.41) is 5.15. The molecule has 2 aliphatic rings. The van der Waals surface area contributed by atoms with Crippen LogP contribution in [0.15, 0.2) is 4.99 Å². The number of nitrogens with zero attached hydrogens (tertiary/aromatic N) is 2. The number of guanidine groups is 1. The van der Waals surface area contributed by atoms with Crippen LogP contribution in [0.3, 0.4) is 0 Å². The Morgan fingerprint density at radius 2 is 1.75 bits per heavy atom. The van der Waals surface area contributed by atoms with Gasteiger partial charge in [-0.15, -0.1) is 0 Å². The molecule has 3 atom stereocenters. The molecule has 2 aliphatic heterocycles. The fourth-order valence-corrected chi connectivity index (χ4v) is 5.85. The lowest BCUT2D eigenvalue weighted by molar-refractivity contribution is -0.0592. The van der Waals surface area contributed by atoms with Crippen LogP contribution in [-0.4, -0.2) is 77.9 Å². The standard InChI is InChI=1S/C24H48N4O6Si2/c1-8-9-10-11-12-13-14-15-31-24(30)27-22-25-18-28(23(29)26-22)21-16-19(34-36(5,6)7)20(33-21)17-32-35(2,3)4/h19-21H,8-18H2,1-7H3,(H2,25,26,27,29,30). The number of alkyl carbamates (subject to hydrolysis) is 1. The van der Waals surface area contributed by atoms with E-state index in [0.29, 0.717) is 19.6 Å². The first-order valence-electron chi connectivity index (χ1n) is 13.4. The third kappa shape index (κ3) is 11.7. The van der Waals surface area contributed by atoms with Gasteiger partial charge in [0.05, 0.1) is 19.3 Å². The van der Waals surface area contributed by atoms with Crippen molar-refractivity contribution in [3.8, 4) is 0 Å². The van der Waals surface area contributed by atoms with Crippen molar-refractivity contribution < 1.29 is 27.9 Å². The van der Waals surface area contributed by atoms with E-state index in [2.05, 4.69) is 61.8 Å². The number of amides is 3. The highest BCUT2D eigenvalue weighted by Crippen LogP contribution is 2.29. The molecule has 10 nitrogen and oxygen atoms in total. The van der Waals surface area contributed by atoms with Gasteiger partial charge in [-0.1, -0.05) is 45.4 Å². The highest BCUT2D eigenvalue weighted by atomic mass is 28.4. The number of urea groups is 1. The topological polar surface area (TPSA) is 111 Å². The molecule has 0 saturated carbocycles. The molecule has 12 heteroatoms. The highest BCUT2D eigenvalue weighted by molar-refractivity contribution is 6.70. The summed E-state index contributed by atoms with van der Waals surface area (Å²) in [4.78, 5) is 30.7. The fourth-order valence-electron chi connectivity index (χ4n) is 4.03. The summed E-state index contributed by atoms with van der Waals surface area (Å²) in [6.45, 7) is 15.9. The lowest BCUT2D eigenvalue weighted by Gasteiger charge is -2.30. The lowest BCUT2D eigenvalue weighted by atomic mass is 10.1. The predicted octanol–water partition coefficient (Wildman–Crippen LogP) is 4.99. The van der Waals surface area contributed by atoms with E-state index in [-0.39, 0.29) is 30.9 Å². The lowest BCUT2D eigenvalue weighted by Crippen LogP contribution is -2.56. The molecule has 208 valence electrons. The SMILES string of the molecule is CCCCCCCCCOC(=O)NC1=NCN(C2CC(O[Si](C)(C)C)C(CO[Si](C)(C)C)O2)C(=O)N1. The molecule has 0 radical (unpaired) electrons. The van der Waals surface area contributed by atoms with Crippen molar-refractivity contribution in [2.75, 3.05) is 19.9 Å². The van der Waals surface area contributed by atoms with Crippen LogP contribution in [0, 0.1) is 0 Å². The second-order valence-electron chi connectivity index (χ2n) is 11.5. The molecule has 0 bridgehead atoms. The molecule has 0 aliphatic carbocycles. The number of ether oxygens (including phenoxy) is 2. The van der Waals surface area contributed by atoms with Gasteiger partial charge >= 0.3 is 12.1 Å². The quantitative estimate of drug-likeness (QED) is 0.235. The van der Waals surface area contributed by atoms with Crippen LogP contribution in [0.2, 0.25) is 39.3 Å². The van der Waals surface area contributed by atoms with Crippen molar-refractivity contribution in [2.45, 2.75) is 116 Å². The van der Waals surface area contributed by atoms with Crippen molar-refractivity contribution >= 4 is 34.7 Å². The maximum absolute atomic E-state index is 12.8. The van der Waals surface area contributed by atoms with Crippen molar-refractivity contribution in [1.82, 2.24) is 15.5 Å². The Morgan fingerprint density at radius 3 is 2.36 bits per heavy atom. The Labute approximate surface area is 219 Å². The van der Waals surface area contributed by atoms with Crippen LogP contribution < -0.4 is 10.6 Å². The van der Waals surface area contributed by atoms with Crippen LogP contribution in [-0.2, 0) is 18.3 Å². The minimum atomic E-state index is -1.82. The Hall–Kier alpha value is -1.48. The highest BCUT2D eigenvalue weighted by Gasteiger charge is 2.43. The summed E-state index contributed by atoms with van der Waals surface area (Å²) in [5.41, 5.74) is 0. The average molecular weight is 545 g/mol. The summed E-state index contributed by atoms with van der Waals surface area (Å²) in [5.74, 6) is 0.0901. The molecule has 2 N–H and O–H groups in total. The van der Waals surface area contributed by atoms with Gasteiger partial charge in [-0.25, -0.2) is 14.6 Å². The number of carbonyl (C=O) groups is 2. The van der Waals surface area contributed by atoms with E-state index < -0.39 is 29.0 Å². The van der Waals surface area contributed by atoms with Crippen LogP contribution in [0.25, 0.3) is 0 Å². The molecule has 2 heterocycles. The maximum atomic E-state index is 12.8. The maximum Gasteiger partial charge on any atom is 0.413 e. The zero-order valence-corrected chi connectivity index (χ0v) is 25.4. The van der Waals surface area contributed by atoms with Gasteiger partial charge in [0.1, 0.15) is 19.0 Å². The summed E-state index contributed by atoms with van der Waals surface area (Å²) in [6.07, 6.45) is 7.09. The second-order valence-corrected chi connectivity index (χ2v) is 20.5. The predicted molar refractivity (Wildman–Crippen MR) is 146 cm³/mol. The molecule has 0 spiro atoms. The Balaban J connectivity index is 1.80. The summed E-state index contributed by atoms with van der Waals surface area (Å²) in [6, 6.07) is -0.379. The molecular formula is C24H48N4O6Si2. The Morgan fingerprint density at radius 1 is 1.08 bits per heavy atom. The largest absolute Gasteiger partial charge is 0.449 e. The minimum absolute atomic E-state index is 0.0745. The molecule has 0 aromatic carbocycles. The van der Waals surface area contributed by atoms with E-state index >= 15 is 0 Å². The number of nitrogens with one attached hydrogen (secondary N) is 2. The van der Waals surface area contributed by atoms with Gasteiger partial charge in [-0.2, -0.15) is 0 Å². The van der Waals surface area contributed by atoms with Crippen LogP contribution in [0.1, 0.15) is 58.3 Å². The molecule has 3 amide bonds. The number of hydrogen-bond donors (Lipinski definition) is 2. The first kappa shape index (κ1) is 30.7. The van der Waals surface area contributed by atoms with Crippen molar-refractivity contribution in [3.05, 3.63) is 0 Å². The van der Waals surface area contributed by atoms with Gasteiger partial charge in [0.2, 0.25) is 5.96 Å². The number of rotatable bonds is 14. The van der Waals surface area contributed by atoms with Gasteiger partial charge in [0, 0.05) is 6.42 Å². The van der Waals surface area contributed by atoms with Gasteiger partial charge in [-0.05, 0) is 45.7 Å². The van der Waals surface area contributed by atoms with Crippen LogP contribution in [0.5, 0.6) is 0 Å². The molecule has 1 saturated heterocycles. The van der Waals surface area contributed by atoms with E-state index in [1.807, 2.05) is 0 Å². The molecule has 3 unspecified atom stereocenters. The van der Waals surface area contributed by atoms with E-state index in [4.69, 9.17) is 18.3 Å². The third-order valence-electron chi connectivity index (χ3n) is 5.78. The van der Waals surface area contributed by atoms with Gasteiger partial charge < -0.3 is 18.3 Å². The molecule has 0 aromatic rings. The van der Waals surface area contributed by atoms with Crippen LogP contribution in [0.4, 0.5) is 9.59 Å². The van der Waals surface area contributed by atoms with E-state index in [1.165, 1.54) is 30.6 Å². The molecule has 36 heavy (non-hydrogen) atoms. The number of hydrogen-bond acceptors (Lipinski definition) is 7. The Bertz CT molecular complexity index is 741. The second kappa shape index (κ2) is 14.5. The Kier molecular flexibility index (Phi) is 12.3.